The van der Waals surface area contributed by atoms with Gasteiger partial charge in [-0.2, -0.15) is 0 Å². The molecule has 8 heteroatoms. The number of halogens is 1. The molecule has 2 heterocycles. The number of aromatic nitrogens is 3. The molecule has 3 N–H and O–H groups in total. The van der Waals surface area contributed by atoms with E-state index < -0.39 is 0 Å². The maximum absolute atomic E-state index is 13.4. The van der Waals surface area contributed by atoms with Gasteiger partial charge in [0.1, 0.15) is 0 Å². The Kier molecular flexibility index (Phi) is 6.55. The zero-order valence-electron chi connectivity index (χ0n) is 17.9. The van der Waals surface area contributed by atoms with Crippen molar-refractivity contribution in [3.63, 3.8) is 0 Å². The molecule has 3 aromatic rings. The minimum atomic E-state index is -0.140. The third kappa shape index (κ3) is 4.31. The summed E-state index contributed by atoms with van der Waals surface area (Å²) in [4.78, 5) is 24.3. The quantitative estimate of drug-likeness (QED) is 0.587. The van der Waals surface area contributed by atoms with Gasteiger partial charge in [-0.05, 0) is 38.1 Å². The number of nitrogens with one attached hydrogen (secondary N) is 1. The van der Waals surface area contributed by atoms with Crippen LogP contribution in [0.25, 0.3) is 16.9 Å². The average molecular weight is 441 g/mol. The molecule has 4 rings (SSSR count). The molecule has 0 aliphatic heterocycles. The fraction of sp³-hybridized carbons (Fsp3) is 0.435. The van der Waals surface area contributed by atoms with E-state index in [1.807, 2.05) is 16.7 Å². The zero-order chi connectivity index (χ0) is 21.8. The second-order valence-corrected chi connectivity index (χ2v) is 8.68. The summed E-state index contributed by atoms with van der Waals surface area (Å²) >= 11 is 6.52. The first kappa shape index (κ1) is 21.7. The Bertz CT molecular complexity index is 1040. The van der Waals surface area contributed by atoms with Crippen molar-refractivity contribution in [1.82, 2.24) is 24.8 Å². The molecule has 164 valence electrons. The van der Waals surface area contributed by atoms with Crippen LogP contribution < -0.4 is 11.1 Å². The van der Waals surface area contributed by atoms with Crippen LogP contribution in [0.1, 0.15) is 42.5 Å². The first-order valence-electron chi connectivity index (χ1n) is 10.8. The smallest absolute Gasteiger partial charge is 0.253 e. The van der Waals surface area contributed by atoms with Gasteiger partial charge in [0.05, 0.1) is 16.1 Å². The molecular weight excluding hydrogens is 412 g/mol. The SMILES string of the molecule is CN(CCN)C1(CNC(=O)c2cn(-c3ncccn3)c3cccc(Cl)c23)CCCCC1. The summed E-state index contributed by atoms with van der Waals surface area (Å²) < 4.78 is 1.81. The highest BCUT2D eigenvalue weighted by Crippen LogP contribution is 2.33. The summed E-state index contributed by atoms with van der Waals surface area (Å²) in [5, 5.41) is 4.44. The van der Waals surface area contributed by atoms with E-state index in [2.05, 4.69) is 27.2 Å². The molecule has 0 radical (unpaired) electrons. The Balaban J connectivity index is 1.65. The molecule has 0 saturated heterocycles. The van der Waals surface area contributed by atoms with E-state index in [9.17, 15) is 4.79 Å². The van der Waals surface area contributed by atoms with Crippen LogP contribution in [0.3, 0.4) is 0 Å². The monoisotopic (exact) mass is 440 g/mol. The van der Waals surface area contributed by atoms with E-state index in [1.54, 1.807) is 30.7 Å². The Morgan fingerprint density at radius 2 is 1.97 bits per heavy atom. The molecule has 0 unspecified atom stereocenters. The topological polar surface area (TPSA) is 89.1 Å². The van der Waals surface area contributed by atoms with Crippen LogP contribution in [0.5, 0.6) is 0 Å². The molecule has 0 spiro atoms. The highest BCUT2D eigenvalue weighted by molar-refractivity contribution is 6.37. The number of benzene rings is 1. The van der Waals surface area contributed by atoms with E-state index in [-0.39, 0.29) is 11.4 Å². The fourth-order valence-electron chi connectivity index (χ4n) is 4.67. The lowest BCUT2D eigenvalue weighted by molar-refractivity contribution is 0.0686. The Hall–Kier alpha value is -2.48. The summed E-state index contributed by atoms with van der Waals surface area (Å²) in [5.41, 5.74) is 7.09. The number of nitrogens with zero attached hydrogens (tertiary/aromatic N) is 4. The second kappa shape index (κ2) is 9.34. The summed E-state index contributed by atoms with van der Waals surface area (Å²) in [5.74, 6) is 0.360. The van der Waals surface area contributed by atoms with Crippen LogP contribution in [0.4, 0.5) is 0 Å². The number of fused-ring (bicyclic) bond motifs is 1. The number of nitrogens with two attached hydrogens (primary N) is 1. The second-order valence-electron chi connectivity index (χ2n) is 8.27. The Morgan fingerprint density at radius 3 is 2.68 bits per heavy atom. The van der Waals surface area contributed by atoms with Crippen LogP contribution >= 0.6 is 11.6 Å². The van der Waals surface area contributed by atoms with Crippen molar-refractivity contribution >= 4 is 28.4 Å². The maximum atomic E-state index is 13.4. The van der Waals surface area contributed by atoms with Crippen LogP contribution in [0, 0.1) is 0 Å². The Labute approximate surface area is 187 Å². The number of amides is 1. The molecule has 31 heavy (non-hydrogen) atoms. The first-order valence-corrected chi connectivity index (χ1v) is 11.2. The molecule has 1 aliphatic rings. The molecular formula is C23H29ClN6O. The third-order valence-corrected chi connectivity index (χ3v) is 6.74. The van der Waals surface area contributed by atoms with Crippen molar-refractivity contribution in [3.8, 4) is 5.95 Å². The Morgan fingerprint density at radius 1 is 1.23 bits per heavy atom. The lowest BCUT2D eigenvalue weighted by Crippen LogP contribution is -2.56. The zero-order valence-corrected chi connectivity index (χ0v) is 18.6. The predicted octanol–water partition coefficient (Wildman–Crippen LogP) is 3.40. The summed E-state index contributed by atoms with van der Waals surface area (Å²) in [6, 6.07) is 7.35. The van der Waals surface area contributed by atoms with Gasteiger partial charge >= 0.3 is 0 Å². The standard InChI is InChI=1S/C23H29ClN6O/c1-29(14-11-25)23(9-3-2-4-10-23)16-28-21(31)17-15-30(22-26-12-6-13-27-22)19-8-5-7-18(24)20(17)19/h5-8,12-13,15H,2-4,9-11,14,16,25H2,1H3,(H,28,31). The van der Waals surface area contributed by atoms with Crippen LogP contribution in [-0.2, 0) is 0 Å². The van der Waals surface area contributed by atoms with Gasteiger partial charge in [0.15, 0.2) is 0 Å². The lowest BCUT2D eigenvalue weighted by atomic mass is 9.80. The average Bonchev–Trinajstić information content (AvgIpc) is 3.20. The van der Waals surface area contributed by atoms with Crippen LogP contribution in [0.2, 0.25) is 5.02 Å². The molecule has 0 bridgehead atoms. The number of rotatable bonds is 7. The van der Waals surface area contributed by atoms with Crippen molar-refractivity contribution in [2.24, 2.45) is 5.73 Å². The molecule has 1 saturated carbocycles. The van der Waals surface area contributed by atoms with Gasteiger partial charge in [0, 0.05) is 49.1 Å². The van der Waals surface area contributed by atoms with Crippen molar-refractivity contribution in [3.05, 3.63) is 53.4 Å². The van der Waals surface area contributed by atoms with E-state index in [0.29, 0.717) is 35.0 Å². The van der Waals surface area contributed by atoms with Gasteiger partial charge < -0.3 is 11.1 Å². The van der Waals surface area contributed by atoms with E-state index >= 15 is 0 Å². The molecule has 0 atom stereocenters. The number of carbonyl (C=O) groups is 1. The van der Waals surface area contributed by atoms with Gasteiger partial charge in [-0.3, -0.25) is 14.3 Å². The van der Waals surface area contributed by atoms with Crippen molar-refractivity contribution in [2.75, 3.05) is 26.7 Å². The summed E-state index contributed by atoms with van der Waals surface area (Å²) in [7, 11) is 2.11. The fourth-order valence-corrected chi connectivity index (χ4v) is 4.94. The minimum absolute atomic E-state index is 0.0576. The van der Waals surface area contributed by atoms with Crippen LogP contribution in [0.15, 0.2) is 42.9 Å². The molecule has 7 nitrogen and oxygen atoms in total. The summed E-state index contributed by atoms with van der Waals surface area (Å²) in [6.45, 7) is 2.00. The largest absolute Gasteiger partial charge is 0.350 e. The lowest BCUT2D eigenvalue weighted by Gasteiger charge is -2.45. The minimum Gasteiger partial charge on any atom is -0.350 e. The highest BCUT2D eigenvalue weighted by Gasteiger charge is 2.36. The number of hydrogen-bond donors (Lipinski definition) is 2. The number of carbonyl (C=O) groups excluding carboxylic acids is 1. The number of likely N-dealkylation sites (N-methyl/N-ethyl adjacent to an activating group) is 1. The van der Waals surface area contributed by atoms with Crippen LogP contribution in [-0.4, -0.2) is 57.6 Å². The molecule has 1 aromatic carbocycles. The van der Waals surface area contributed by atoms with Crippen molar-refractivity contribution < 1.29 is 4.79 Å². The van der Waals surface area contributed by atoms with E-state index in [0.717, 1.165) is 24.9 Å². The molecule has 2 aromatic heterocycles. The maximum Gasteiger partial charge on any atom is 0.253 e. The van der Waals surface area contributed by atoms with Gasteiger partial charge in [-0.1, -0.05) is 36.9 Å². The molecule has 1 fully saturated rings. The first-order chi connectivity index (χ1) is 15.1. The van der Waals surface area contributed by atoms with Gasteiger partial charge in [0.2, 0.25) is 5.95 Å². The van der Waals surface area contributed by atoms with E-state index in [4.69, 9.17) is 17.3 Å². The van der Waals surface area contributed by atoms with Gasteiger partial charge in [-0.15, -0.1) is 0 Å². The van der Waals surface area contributed by atoms with Crippen molar-refractivity contribution in [1.29, 1.82) is 0 Å². The summed E-state index contributed by atoms with van der Waals surface area (Å²) in [6.07, 6.45) is 10.8. The third-order valence-electron chi connectivity index (χ3n) is 6.43. The predicted molar refractivity (Wildman–Crippen MR) is 124 cm³/mol. The van der Waals surface area contributed by atoms with E-state index in [1.165, 1.54) is 19.3 Å². The van der Waals surface area contributed by atoms with Crippen molar-refractivity contribution in [2.45, 2.75) is 37.6 Å². The molecule has 1 amide bonds. The number of hydrogen-bond acceptors (Lipinski definition) is 5. The normalized spacial score (nSPS) is 16.0. The highest BCUT2D eigenvalue weighted by atomic mass is 35.5. The van der Waals surface area contributed by atoms with Gasteiger partial charge in [-0.25, -0.2) is 9.97 Å². The molecule has 1 aliphatic carbocycles. The van der Waals surface area contributed by atoms with Gasteiger partial charge in [0.25, 0.3) is 5.91 Å².